The molecule has 0 spiro atoms. The van der Waals surface area contributed by atoms with Gasteiger partial charge < -0.3 is 10.5 Å². The van der Waals surface area contributed by atoms with E-state index in [0.717, 1.165) is 16.4 Å². The number of nitrogen functional groups attached to an aromatic ring is 1. The van der Waals surface area contributed by atoms with E-state index in [2.05, 4.69) is 25.9 Å². The number of rotatable bonds is 4. The molecular formula is C13H13BrN4O3. The molecule has 0 unspecified atom stereocenters. The van der Waals surface area contributed by atoms with E-state index >= 15 is 0 Å². The number of aromatic nitrogens is 2. The second kappa shape index (κ2) is 6.04. The van der Waals surface area contributed by atoms with Crippen molar-refractivity contribution in [3.05, 3.63) is 44.7 Å². The number of nitro groups is 1. The highest BCUT2D eigenvalue weighted by Crippen LogP contribution is 2.36. The van der Waals surface area contributed by atoms with Crippen molar-refractivity contribution >= 4 is 27.4 Å². The molecule has 0 fully saturated rings. The lowest BCUT2D eigenvalue weighted by Gasteiger charge is -2.13. The first-order chi connectivity index (χ1) is 9.90. The van der Waals surface area contributed by atoms with Crippen LogP contribution in [0.3, 0.4) is 0 Å². The highest BCUT2D eigenvalue weighted by Gasteiger charge is 2.24. The Morgan fingerprint density at radius 2 is 2.10 bits per heavy atom. The van der Waals surface area contributed by atoms with E-state index in [4.69, 9.17) is 10.5 Å². The molecule has 0 radical (unpaired) electrons. The van der Waals surface area contributed by atoms with E-state index in [9.17, 15) is 10.1 Å². The van der Waals surface area contributed by atoms with Gasteiger partial charge in [-0.25, -0.2) is 4.98 Å². The molecule has 0 aliphatic heterocycles. The maximum absolute atomic E-state index is 11.1. The van der Waals surface area contributed by atoms with Crippen LogP contribution in [0.25, 0.3) is 0 Å². The molecule has 0 bridgehead atoms. The topological polar surface area (TPSA) is 104 Å². The van der Waals surface area contributed by atoms with Crippen LogP contribution in [0.15, 0.2) is 29.0 Å². The molecule has 8 heteroatoms. The SMILES string of the molecule is CC(C)c1cc(Br)ccc1Oc1ncnc(N)c1[N+](=O)[O-]. The molecule has 0 aliphatic carbocycles. The smallest absolute Gasteiger partial charge is 0.372 e. The van der Waals surface area contributed by atoms with Crippen molar-refractivity contribution in [1.29, 1.82) is 0 Å². The number of hydrogen-bond acceptors (Lipinski definition) is 6. The zero-order valence-electron chi connectivity index (χ0n) is 11.4. The van der Waals surface area contributed by atoms with Crippen molar-refractivity contribution in [3.8, 4) is 11.6 Å². The Labute approximate surface area is 129 Å². The Morgan fingerprint density at radius 3 is 2.71 bits per heavy atom. The summed E-state index contributed by atoms with van der Waals surface area (Å²) in [5.41, 5.74) is 5.98. The first-order valence-corrected chi connectivity index (χ1v) is 6.91. The fourth-order valence-corrected chi connectivity index (χ4v) is 2.17. The minimum atomic E-state index is -0.654. The number of nitrogens with zero attached hydrogens (tertiary/aromatic N) is 3. The zero-order valence-corrected chi connectivity index (χ0v) is 13.0. The van der Waals surface area contributed by atoms with Gasteiger partial charge in [0, 0.05) is 4.47 Å². The van der Waals surface area contributed by atoms with Crippen LogP contribution in [-0.4, -0.2) is 14.9 Å². The molecule has 21 heavy (non-hydrogen) atoms. The molecule has 1 aromatic carbocycles. The Bertz CT molecular complexity index is 691. The first-order valence-electron chi connectivity index (χ1n) is 6.12. The highest BCUT2D eigenvalue weighted by atomic mass is 79.9. The summed E-state index contributed by atoms with van der Waals surface area (Å²) < 4.78 is 6.50. The van der Waals surface area contributed by atoms with Crippen molar-refractivity contribution in [2.75, 3.05) is 5.73 Å². The molecule has 0 aliphatic rings. The second-order valence-electron chi connectivity index (χ2n) is 4.61. The van der Waals surface area contributed by atoms with Gasteiger partial charge in [0.1, 0.15) is 12.1 Å². The van der Waals surface area contributed by atoms with Gasteiger partial charge in [0.15, 0.2) is 0 Å². The van der Waals surface area contributed by atoms with E-state index < -0.39 is 10.6 Å². The predicted molar refractivity (Wildman–Crippen MR) is 81.4 cm³/mol. The molecule has 7 nitrogen and oxygen atoms in total. The standard InChI is InChI=1S/C13H13BrN4O3/c1-7(2)9-5-8(14)3-4-10(9)21-13-11(18(19)20)12(15)16-6-17-13/h3-7H,1-2H3,(H2,15,16,17). The molecular weight excluding hydrogens is 340 g/mol. The van der Waals surface area contributed by atoms with Crippen LogP contribution in [0.4, 0.5) is 11.5 Å². The minimum Gasteiger partial charge on any atom is -0.433 e. The number of hydrogen-bond donors (Lipinski definition) is 1. The zero-order chi connectivity index (χ0) is 15.6. The third-order valence-corrected chi connectivity index (χ3v) is 3.29. The summed E-state index contributed by atoms with van der Waals surface area (Å²) in [4.78, 5) is 17.8. The Kier molecular flexibility index (Phi) is 4.37. The van der Waals surface area contributed by atoms with Crippen LogP contribution in [0.2, 0.25) is 0 Å². The van der Waals surface area contributed by atoms with Crippen molar-refractivity contribution in [3.63, 3.8) is 0 Å². The molecule has 1 aromatic heterocycles. The van der Waals surface area contributed by atoms with Gasteiger partial charge in [0.25, 0.3) is 0 Å². The Morgan fingerprint density at radius 1 is 1.38 bits per heavy atom. The van der Waals surface area contributed by atoms with Crippen LogP contribution in [0, 0.1) is 10.1 Å². The monoisotopic (exact) mass is 352 g/mol. The second-order valence-corrected chi connectivity index (χ2v) is 5.52. The fourth-order valence-electron chi connectivity index (χ4n) is 1.79. The molecule has 0 saturated heterocycles. The van der Waals surface area contributed by atoms with Gasteiger partial charge in [0.2, 0.25) is 5.82 Å². The number of ether oxygens (including phenoxy) is 1. The number of halogens is 1. The normalized spacial score (nSPS) is 10.7. The molecule has 2 N–H and O–H groups in total. The average Bonchev–Trinajstić information content (AvgIpc) is 2.40. The number of benzene rings is 1. The van der Waals surface area contributed by atoms with Crippen LogP contribution in [0.5, 0.6) is 11.6 Å². The van der Waals surface area contributed by atoms with Gasteiger partial charge in [-0.2, -0.15) is 4.98 Å². The predicted octanol–water partition coefficient (Wildman–Crippen LogP) is 3.65. The summed E-state index contributed by atoms with van der Waals surface area (Å²) in [6.07, 6.45) is 1.13. The number of nitrogens with two attached hydrogens (primary N) is 1. The maximum Gasteiger partial charge on any atom is 0.372 e. The average molecular weight is 353 g/mol. The highest BCUT2D eigenvalue weighted by molar-refractivity contribution is 9.10. The van der Waals surface area contributed by atoms with E-state index in [0.29, 0.717) is 5.75 Å². The molecule has 2 rings (SSSR count). The van der Waals surface area contributed by atoms with Gasteiger partial charge in [-0.1, -0.05) is 29.8 Å². The summed E-state index contributed by atoms with van der Waals surface area (Å²) in [6, 6.07) is 5.41. The maximum atomic E-state index is 11.1. The lowest BCUT2D eigenvalue weighted by Crippen LogP contribution is -2.03. The third kappa shape index (κ3) is 3.27. The molecule has 1 heterocycles. The number of anilines is 1. The van der Waals surface area contributed by atoms with Crippen molar-refractivity contribution in [1.82, 2.24) is 9.97 Å². The first kappa shape index (κ1) is 15.2. The third-order valence-electron chi connectivity index (χ3n) is 2.80. The molecule has 0 saturated carbocycles. The lowest BCUT2D eigenvalue weighted by molar-refractivity contribution is -0.385. The van der Waals surface area contributed by atoms with Crippen molar-refractivity contribution in [2.45, 2.75) is 19.8 Å². The van der Waals surface area contributed by atoms with Gasteiger partial charge in [-0.3, -0.25) is 10.1 Å². The van der Waals surface area contributed by atoms with Crippen molar-refractivity contribution < 1.29 is 9.66 Å². The van der Waals surface area contributed by atoms with Gasteiger partial charge in [0.05, 0.1) is 4.92 Å². The Hall–Kier alpha value is -2.22. The lowest BCUT2D eigenvalue weighted by atomic mass is 10.0. The van der Waals surface area contributed by atoms with E-state index in [1.165, 1.54) is 0 Å². The quantitative estimate of drug-likeness (QED) is 0.665. The molecule has 0 amide bonds. The molecule has 2 aromatic rings. The van der Waals surface area contributed by atoms with Gasteiger partial charge >= 0.3 is 11.6 Å². The summed E-state index contributed by atoms with van der Waals surface area (Å²) in [5.74, 6) is 0.273. The summed E-state index contributed by atoms with van der Waals surface area (Å²) in [5, 5.41) is 11.1. The minimum absolute atomic E-state index is 0.170. The van der Waals surface area contributed by atoms with E-state index in [1.807, 2.05) is 19.9 Å². The van der Waals surface area contributed by atoms with Crippen LogP contribution >= 0.6 is 15.9 Å². The van der Waals surface area contributed by atoms with E-state index in [-0.39, 0.29) is 17.6 Å². The summed E-state index contributed by atoms with van der Waals surface area (Å²) in [7, 11) is 0. The van der Waals surface area contributed by atoms with Crippen LogP contribution < -0.4 is 10.5 Å². The summed E-state index contributed by atoms with van der Waals surface area (Å²) in [6.45, 7) is 3.99. The largest absolute Gasteiger partial charge is 0.433 e. The molecule has 0 atom stereocenters. The Balaban J connectivity index is 2.49. The summed E-state index contributed by atoms with van der Waals surface area (Å²) >= 11 is 3.39. The fraction of sp³-hybridized carbons (Fsp3) is 0.231. The van der Waals surface area contributed by atoms with Crippen LogP contribution in [-0.2, 0) is 0 Å². The molecule has 110 valence electrons. The van der Waals surface area contributed by atoms with Gasteiger partial charge in [-0.15, -0.1) is 0 Å². The van der Waals surface area contributed by atoms with Crippen molar-refractivity contribution in [2.24, 2.45) is 0 Å². The van der Waals surface area contributed by atoms with Gasteiger partial charge in [-0.05, 0) is 29.7 Å². The van der Waals surface area contributed by atoms with E-state index in [1.54, 1.807) is 12.1 Å². The van der Waals surface area contributed by atoms with Crippen LogP contribution in [0.1, 0.15) is 25.3 Å².